The lowest BCUT2D eigenvalue weighted by Crippen LogP contribution is -2.50. The smallest absolute Gasteiger partial charge is 0.329 e. The molecule has 1 saturated heterocycles. The SMILES string of the molecule is COc1ccc(S(=O)(=O)N[C@@H]2CCOC[C@H]2OCC(=O)O)cc1F. The molecule has 1 fully saturated rings. The van der Waals surface area contributed by atoms with Crippen LogP contribution in [0.1, 0.15) is 6.42 Å². The summed E-state index contributed by atoms with van der Waals surface area (Å²) in [5.41, 5.74) is 0. The number of ether oxygens (including phenoxy) is 3. The van der Waals surface area contributed by atoms with Gasteiger partial charge in [0.15, 0.2) is 11.6 Å². The van der Waals surface area contributed by atoms with Gasteiger partial charge in [-0.3, -0.25) is 0 Å². The summed E-state index contributed by atoms with van der Waals surface area (Å²) in [6.07, 6.45) is -0.435. The quantitative estimate of drug-likeness (QED) is 0.720. The van der Waals surface area contributed by atoms with E-state index >= 15 is 0 Å². The fourth-order valence-electron chi connectivity index (χ4n) is 2.27. The minimum atomic E-state index is -4.01. The fraction of sp³-hybridized carbons (Fsp3) is 0.500. The molecule has 0 amide bonds. The average molecular weight is 363 g/mol. The molecule has 24 heavy (non-hydrogen) atoms. The number of carboxylic acids is 1. The van der Waals surface area contributed by atoms with Crippen LogP contribution in [-0.2, 0) is 24.3 Å². The highest BCUT2D eigenvalue weighted by Gasteiger charge is 2.31. The zero-order valence-electron chi connectivity index (χ0n) is 12.9. The molecule has 134 valence electrons. The van der Waals surface area contributed by atoms with Crippen molar-refractivity contribution in [1.29, 1.82) is 0 Å². The normalized spacial score (nSPS) is 21.4. The zero-order chi connectivity index (χ0) is 17.7. The van der Waals surface area contributed by atoms with Gasteiger partial charge in [-0.1, -0.05) is 0 Å². The topological polar surface area (TPSA) is 111 Å². The molecule has 0 bridgehead atoms. The highest BCUT2D eigenvalue weighted by Crippen LogP contribution is 2.22. The van der Waals surface area contributed by atoms with E-state index in [4.69, 9.17) is 19.3 Å². The minimum Gasteiger partial charge on any atom is -0.494 e. The lowest BCUT2D eigenvalue weighted by atomic mass is 10.1. The van der Waals surface area contributed by atoms with Gasteiger partial charge in [0.25, 0.3) is 0 Å². The van der Waals surface area contributed by atoms with Crippen molar-refractivity contribution >= 4 is 16.0 Å². The van der Waals surface area contributed by atoms with Crippen molar-refractivity contribution in [3.8, 4) is 5.75 Å². The summed E-state index contributed by atoms with van der Waals surface area (Å²) in [5.74, 6) is -2.03. The van der Waals surface area contributed by atoms with Gasteiger partial charge in [-0.25, -0.2) is 22.3 Å². The van der Waals surface area contributed by atoms with Crippen LogP contribution in [0.3, 0.4) is 0 Å². The highest BCUT2D eigenvalue weighted by atomic mass is 32.2. The van der Waals surface area contributed by atoms with E-state index in [2.05, 4.69) is 4.72 Å². The van der Waals surface area contributed by atoms with Gasteiger partial charge in [0.2, 0.25) is 10.0 Å². The number of hydrogen-bond acceptors (Lipinski definition) is 6. The summed E-state index contributed by atoms with van der Waals surface area (Å²) in [7, 11) is -2.73. The van der Waals surface area contributed by atoms with Crippen LogP contribution in [0.15, 0.2) is 23.1 Å². The Hall–Kier alpha value is -1.75. The summed E-state index contributed by atoms with van der Waals surface area (Å²) in [5, 5.41) is 8.66. The standard InChI is InChI=1S/C14H18FNO7S/c1-21-12-3-2-9(6-10(12)15)24(19,20)16-11-4-5-22-7-13(11)23-8-14(17)18/h2-3,6,11,13,16H,4-5,7-8H2,1H3,(H,17,18)/t11-,13-/m1/s1. The third-order valence-corrected chi connectivity index (χ3v) is 4.95. The van der Waals surface area contributed by atoms with Crippen molar-refractivity contribution in [2.24, 2.45) is 0 Å². The molecule has 0 saturated carbocycles. The Bertz CT molecular complexity index is 694. The summed E-state index contributed by atoms with van der Waals surface area (Å²) in [6.45, 7) is -0.196. The van der Waals surface area contributed by atoms with Crippen LogP contribution in [0.2, 0.25) is 0 Å². The second kappa shape index (κ2) is 7.88. The third kappa shape index (κ3) is 4.63. The maximum Gasteiger partial charge on any atom is 0.329 e. The second-order valence-electron chi connectivity index (χ2n) is 5.13. The Morgan fingerprint density at radius 2 is 2.25 bits per heavy atom. The first-order chi connectivity index (χ1) is 11.3. The van der Waals surface area contributed by atoms with Crippen LogP contribution < -0.4 is 9.46 Å². The molecule has 0 unspecified atom stereocenters. The van der Waals surface area contributed by atoms with Crippen molar-refractivity contribution in [3.63, 3.8) is 0 Å². The van der Waals surface area contributed by atoms with Crippen LogP contribution >= 0.6 is 0 Å². The number of rotatable bonds is 7. The number of hydrogen-bond donors (Lipinski definition) is 2. The lowest BCUT2D eigenvalue weighted by molar-refractivity contribution is -0.148. The predicted molar refractivity (Wildman–Crippen MR) is 79.9 cm³/mol. The Morgan fingerprint density at radius 3 is 2.88 bits per heavy atom. The van der Waals surface area contributed by atoms with Gasteiger partial charge in [-0.15, -0.1) is 0 Å². The van der Waals surface area contributed by atoms with E-state index < -0.39 is 40.6 Å². The molecule has 0 spiro atoms. The molecular formula is C14H18FNO7S. The van der Waals surface area contributed by atoms with E-state index in [1.165, 1.54) is 19.2 Å². The van der Waals surface area contributed by atoms with Gasteiger partial charge in [-0.05, 0) is 24.6 Å². The summed E-state index contributed by atoms with van der Waals surface area (Å²) in [4.78, 5) is 10.3. The number of sulfonamides is 1. The van der Waals surface area contributed by atoms with Crippen LogP contribution in [0.4, 0.5) is 4.39 Å². The molecule has 1 heterocycles. The van der Waals surface area contributed by atoms with E-state index in [0.717, 1.165) is 6.07 Å². The number of halogens is 1. The Labute approximate surface area is 138 Å². The minimum absolute atomic E-state index is 0.0669. The van der Waals surface area contributed by atoms with E-state index in [1.54, 1.807) is 0 Å². The highest BCUT2D eigenvalue weighted by molar-refractivity contribution is 7.89. The summed E-state index contributed by atoms with van der Waals surface area (Å²) in [6, 6.07) is 2.62. The third-order valence-electron chi connectivity index (χ3n) is 3.47. The van der Waals surface area contributed by atoms with E-state index in [-0.39, 0.29) is 17.3 Å². The molecule has 1 aliphatic rings. The first kappa shape index (κ1) is 18.6. The lowest BCUT2D eigenvalue weighted by Gasteiger charge is -2.31. The van der Waals surface area contributed by atoms with Gasteiger partial charge in [0.05, 0.1) is 30.8 Å². The van der Waals surface area contributed by atoms with Crippen LogP contribution in [-0.4, -0.2) is 58.6 Å². The molecule has 2 rings (SSSR count). The molecule has 0 aromatic heterocycles. The van der Waals surface area contributed by atoms with Crippen molar-refractivity contribution in [2.45, 2.75) is 23.5 Å². The number of nitrogens with one attached hydrogen (secondary N) is 1. The molecule has 0 radical (unpaired) electrons. The predicted octanol–water partition coefficient (Wildman–Crippen LogP) is 0.371. The van der Waals surface area contributed by atoms with E-state index in [0.29, 0.717) is 13.0 Å². The van der Waals surface area contributed by atoms with Gasteiger partial charge in [-0.2, -0.15) is 0 Å². The molecule has 10 heteroatoms. The molecule has 8 nitrogen and oxygen atoms in total. The monoisotopic (exact) mass is 363 g/mol. The second-order valence-corrected chi connectivity index (χ2v) is 6.84. The Balaban J connectivity index is 2.13. The van der Waals surface area contributed by atoms with Crippen molar-refractivity contribution in [1.82, 2.24) is 4.72 Å². The largest absolute Gasteiger partial charge is 0.494 e. The number of methoxy groups -OCH3 is 1. The Morgan fingerprint density at radius 1 is 1.50 bits per heavy atom. The molecule has 2 atom stereocenters. The van der Waals surface area contributed by atoms with Crippen LogP contribution in [0, 0.1) is 5.82 Å². The van der Waals surface area contributed by atoms with E-state index in [9.17, 15) is 17.6 Å². The summed E-state index contributed by atoms with van der Waals surface area (Å²) < 4.78 is 56.0. The van der Waals surface area contributed by atoms with Crippen molar-refractivity contribution in [2.75, 3.05) is 26.9 Å². The fourth-order valence-corrected chi connectivity index (χ4v) is 3.58. The first-order valence-corrected chi connectivity index (χ1v) is 8.59. The number of carbonyl (C=O) groups is 1. The van der Waals surface area contributed by atoms with Gasteiger partial charge in [0.1, 0.15) is 6.61 Å². The molecule has 1 aromatic rings. The van der Waals surface area contributed by atoms with Crippen molar-refractivity contribution in [3.05, 3.63) is 24.0 Å². The van der Waals surface area contributed by atoms with E-state index in [1.807, 2.05) is 0 Å². The van der Waals surface area contributed by atoms with Crippen LogP contribution in [0.5, 0.6) is 5.75 Å². The maximum absolute atomic E-state index is 13.7. The van der Waals surface area contributed by atoms with Gasteiger partial charge < -0.3 is 19.3 Å². The summed E-state index contributed by atoms with van der Waals surface area (Å²) >= 11 is 0. The molecular weight excluding hydrogens is 345 g/mol. The Kier molecular flexibility index (Phi) is 6.10. The molecule has 0 aliphatic carbocycles. The molecule has 2 N–H and O–H groups in total. The molecule has 1 aromatic carbocycles. The maximum atomic E-state index is 13.7. The van der Waals surface area contributed by atoms with Gasteiger partial charge >= 0.3 is 5.97 Å². The average Bonchev–Trinajstić information content (AvgIpc) is 2.53. The zero-order valence-corrected chi connectivity index (χ0v) is 13.7. The first-order valence-electron chi connectivity index (χ1n) is 7.10. The van der Waals surface area contributed by atoms with Crippen molar-refractivity contribution < 1.29 is 36.9 Å². The van der Waals surface area contributed by atoms with Gasteiger partial charge in [0, 0.05) is 6.61 Å². The number of benzene rings is 1. The number of carboxylic acid groups (broad SMARTS) is 1. The molecule has 1 aliphatic heterocycles. The van der Waals surface area contributed by atoms with Crippen LogP contribution in [0.25, 0.3) is 0 Å². The number of aliphatic carboxylic acids is 1.